The van der Waals surface area contributed by atoms with Gasteiger partial charge in [0.1, 0.15) is 5.75 Å². The summed E-state index contributed by atoms with van der Waals surface area (Å²) in [4.78, 5) is 0. The first kappa shape index (κ1) is 16.0. The van der Waals surface area contributed by atoms with Gasteiger partial charge >= 0.3 is 0 Å². The smallest absolute Gasteiger partial charge is 0.123 e. The number of aliphatic hydroxyl groups is 1. The Morgan fingerprint density at radius 1 is 1.32 bits per heavy atom. The van der Waals surface area contributed by atoms with E-state index in [1.165, 1.54) is 5.56 Å². The predicted molar refractivity (Wildman–Crippen MR) is 79.6 cm³/mol. The molecule has 1 aromatic rings. The Kier molecular flexibility index (Phi) is 5.39. The SMILES string of the molecule is COc1ccc(C)cc1C(C)NCC(C)(O)C(C)C. The minimum absolute atomic E-state index is 0.139. The highest BCUT2D eigenvalue weighted by molar-refractivity contribution is 5.38. The summed E-state index contributed by atoms with van der Waals surface area (Å²) >= 11 is 0. The number of benzene rings is 1. The van der Waals surface area contributed by atoms with Crippen molar-refractivity contribution in [2.45, 2.75) is 46.3 Å². The first-order valence-electron chi connectivity index (χ1n) is 6.88. The van der Waals surface area contributed by atoms with Gasteiger partial charge in [0.05, 0.1) is 12.7 Å². The first-order chi connectivity index (χ1) is 8.77. The molecule has 0 aliphatic heterocycles. The largest absolute Gasteiger partial charge is 0.496 e. The second kappa shape index (κ2) is 6.40. The molecule has 0 aliphatic rings. The van der Waals surface area contributed by atoms with Crippen LogP contribution in [-0.4, -0.2) is 24.4 Å². The molecule has 108 valence electrons. The molecule has 0 saturated heterocycles. The van der Waals surface area contributed by atoms with E-state index < -0.39 is 5.60 Å². The second-order valence-corrected chi connectivity index (χ2v) is 5.86. The Hall–Kier alpha value is -1.06. The Bertz CT molecular complexity index is 413. The fraction of sp³-hybridized carbons (Fsp3) is 0.625. The zero-order valence-corrected chi connectivity index (χ0v) is 12.9. The normalized spacial score (nSPS) is 16.2. The lowest BCUT2D eigenvalue weighted by Crippen LogP contribution is -2.43. The number of nitrogens with one attached hydrogen (secondary N) is 1. The minimum atomic E-state index is -0.703. The number of rotatable bonds is 6. The van der Waals surface area contributed by atoms with E-state index in [0.29, 0.717) is 6.54 Å². The number of hydrogen-bond acceptors (Lipinski definition) is 3. The van der Waals surface area contributed by atoms with Crippen LogP contribution in [0.2, 0.25) is 0 Å². The van der Waals surface area contributed by atoms with Gasteiger partial charge in [-0.15, -0.1) is 0 Å². The van der Waals surface area contributed by atoms with Crippen molar-refractivity contribution in [3.8, 4) is 5.75 Å². The third-order valence-corrected chi connectivity index (χ3v) is 3.86. The van der Waals surface area contributed by atoms with Crippen LogP contribution >= 0.6 is 0 Å². The zero-order valence-electron chi connectivity index (χ0n) is 12.9. The average molecular weight is 265 g/mol. The number of methoxy groups -OCH3 is 1. The average Bonchev–Trinajstić information content (AvgIpc) is 2.35. The van der Waals surface area contributed by atoms with Gasteiger partial charge in [0.15, 0.2) is 0 Å². The van der Waals surface area contributed by atoms with Crippen molar-refractivity contribution in [2.75, 3.05) is 13.7 Å². The van der Waals surface area contributed by atoms with Crippen molar-refractivity contribution in [1.82, 2.24) is 5.32 Å². The molecule has 0 bridgehead atoms. The van der Waals surface area contributed by atoms with Crippen molar-refractivity contribution in [3.05, 3.63) is 29.3 Å². The van der Waals surface area contributed by atoms with Gasteiger partial charge in [-0.05, 0) is 32.8 Å². The van der Waals surface area contributed by atoms with Gasteiger partial charge in [0.25, 0.3) is 0 Å². The lowest BCUT2D eigenvalue weighted by atomic mass is 9.92. The number of aryl methyl sites for hydroxylation is 1. The molecular formula is C16H27NO2. The maximum atomic E-state index is 10.3. The van der Waals surface area contributed by atoms with Gasteiger partial charge in [-0.2, -0.15) is 0 Å². The maximum absolute atomic E-state index is 10.3. The lowest BCUT2D eigenvalue weighted by Gasteiger charge is -2.30. The van der Waals surface area contributed by atoms with Crippen LogP contribution in [-0.2, 0) is 0 Å². The van der Waals surface area contributed by atoms with Gasteiger partial charge in [-0.1, -0.05) is 31.5 Å². The van der Waals surface area contributed by atoms with Crippen molar-refractivity contribution < 1.29 is 9.84 Å². The van der Waals surface area contributed by atoms with Crippen LogP contribution in [0.1, 0.15) is 44.9 Å². The standard InChI is InChI=1S/C16H27NO2/c1-11(2)16(5,18)10-17-13(4)14-9-12(3)7-8-15(14)19-6/h7-9,11,13,17-18H,10H2,1-6H3. The number of hydrogen-bond donors (Lipinski definition) is 2. The molecule has 0 spiro atoms. The van der Waals surface area contributed by atoms with Gasteiger partial charge in [0.2, 0.25) is 0 Å². The molecule has 0 heterocycles. The molecule has 3 heteroatoms. The summed E-state index contributed by atoms with van der Waals surface area (Å²) in [6.45, 7) is 10.6. The topological polar surface area (TPSA) is 41.5 Å². The molecule has 19 heavy (non-hydrogen) atoms. The van der Waals surface area contributed by atoms with E-state index in [9.17, 15) is 5.11 Å². The Balaban J connectivity index is 2.78. The van der Waals surface area contributed by atoms with Gasteiger partial charge < -0.3 is 15.2 Å². The summed E-state index contributed by atoms with van der Waals surface area (Å²) in [5, 5.41) is 13.7. The summed E-state index contributed by atoms with van der Waals surface area (Å²) in [6.07, 6.45) is 0. The van der Waals surface area contributed by atoms with Crippen LogP contribution in [0.25, 0.3) is 0 Å². The lowest BCUT2D eigenvalue weighted by molar-refractivity contribution is 0.0121. The highest BCUT2D eigenvalue weighted by Gasteiger charge is 2.25. The molecule has 1 aromatic carbocycles. The van der Waals surface area contributed by atoms with Crippen molar-refractivity contribution in [3.63, 3.8) is 0 Å². The van der Waals surface area contributed by atoms with E-state index in [-0.39, 0.29) is 12.0 Å². The zero-order chi connectivity index (χ0) is 14.6. The van der Waals surface area contributed by atoms with Crippen LogP contribution < -0.4 is 10.1 Å². The van der Waals surface area contributed by atoms with E-state index in [1.54, 1.807) is 7.11 Å². The predicted octanol–water partition coefficient (Wildman–Crippen LogP) is 3.06. The Morgan fingerprint density at radius 3 is 2.47 bits per heavy atom. The summed E-state index contributed by atoms with van der Waals surface area (Å²) in [5.41, 5.74) is 1.63. The number of ether oxygens (including phenoxy) is 1. The molecule has 2 unspecified atom stereocenters. The quantitative estimate of drug-likeness (QED) is 0.830. The fourth-order valence-electron chi connectivity index (χ4n) is 1.87. The van der Waals surface area contributed by atoms with E-state index in [0.717, 1.165) is 11.3 Å². The van der Waals surface area contributed by atoms with Crippen molar-refractivity contribution in [1.29, 1.82) is 0 Å². The fourth-order valence-corrected chi connectivity index (χ4v) is 1.87. The molecule has 3 nitrogen and oxygen atoms in total. The summed E-state index contributed by atoms with van der Waals surface area (Å²) in [5.74, 6) is 1.10. The molecule has 2 atom stereocenters. The van der Waals surface area contributed by atoms with E-state index in [1.807, 2.05) is 32.9 Å². The van der Waals surface area contributed by atoms with Gasteiger partial charge in [0, 0.05) is 18.2 Å². The van der Waals surface area contributed by atoms with Crippen molar-refractivity contribution in [2.24, 2.45) is 5.92 Å². The molecule has 0 saturated carbocycles. The highest BCUT2D eigenvalue weighted by Crippen LogP contribution is 2.26. The maximum Gasteiger partial charge on any atom is 0.123 e. The van der Waals surface area contributed by atoms with E-state index in [2.05, 4.69) is 25.2 Å². The van der Waals surface area contributed by atoms with Gasteiger partial charge in [-0.25, -0.2) is 0 Å². The second-order valence-electron chi connectivity index (χ2n) is 5.86. The third-order valence-electron chi connectivity index (χ3n) is 3.86. The Labute approximate surface area is 117 Å². The summed E-state index contributed by atoms with van der Waals surface area (Å²) < 4.78 is 5.40. The van der Waals surface area contributed by atoms with Gasteiger partial charge in [-0.3, -0.25) is 0 Å². The molecule has 0 radical (unpaired) electrons. The molecule has 0 fully saturated rings. The molecule has 0 aromatic heterocycles. The van der Waals surface area contributed by atoms with Crippen LogP contribution in [0, 0.1) is 12.8 Å². The molecule has 0 amide bonds. The summed E-state index contributed by atoms with van der Waals surface area (Å²) in [6, 6.07) is 6.30. The summed E-state index contributed by atoms with van der Waals surface area (Å²) in [7, 11) is 1.69. The third kappa shape index (κ3) is 4.22. The van der Waals surface area contributed by atoms with Crippen LogP contribution in [0.15, 0.2) is 18.2 Å². The molecule has 0 aliphatic carbocycles. The van der Waals surface area contributed by atoms with Crippen LogP contribution in [0.3, 0.4) is 0 Å². The van der Waals surface area contributed by atoms with Crippen LogP contribution in [0.5, 0.6) is 5.75 Å². The highest BCUT2D eigenvalue weighted by atomic mass is 16.5. The Morgan fingerprint density at radius 2 is 1.95 bits per heavy atom. The first-order valence-corrected chi connectivity index (χ1v) is 6.88. The van der Waals surface area contributed by atoms with Crippen LogP contribution in [0.4, 0.5) is 0 Å². The van der Waals surface area contributed by atoms with E-state index in [4.69, 9.17) is 4.74 Å². The molecule has 2 N–H and O–H groups in total. The monoisotopic (exact) mass is 265 g/mol. The van der Waals surface area contributed by atoms with Crippen molar-refractivity contribution >= 4 is 0 Å². The molecular weight excluding hydrogens is 238 g/mol. The molecule has 1 rings (SSSR count). The minimum Gasteiger partial charge on any atom is -0.496 e. The van der Waals surface area contributed by atoms with E-state index >= 15 is 0 Å².